The minimum atomic E-state index is -0.131. The van der Waals surface area contributed by atoms with Crippen LogP contribution in [0.2, 0.25) is 0 Å². The molecule has 0 aromatic heterocycles. The maximum Gasteiger partial charge on any atom is 0.227 e. The Balaban J connectivity index is 1.95. The van der Waals surface area contributed by atoms with Crippen molar-refractivity contribution in [3.63, 3.8) is 0 Å². The van der Waals surface area contributed by atoms with E-state index in [0.29, 0.717) is 11.9 Å². The van der Waals surface area contributed by atoms with Gasteiger partial charge in [-0.25, -0.2) is 0 Å². The molecule has 3 unspecified atom stereocenters. The largest absolute Gasteiger partial charge is 0.353 e. The number of hydrogen-bond donors (Lipinski definition) is 2. The van der Waals surface area contributed by atoms with Crippen LogP contribution in [0.15, 0.2) is 0 Å². The molecular weight excluding hydrogens is 236 g/mol. The van der Waals surface area contributed by atoms with Crippen LogP contribution in [0.5, 0.6) is 0 Å². The molecule has 3 atom stereocenters. The van der Waals surface area contributed by atoms with E-state index in [1.807, 2.05) is 0 Å². The van der Waals surface area contributed by atoms with Crippen LogP contribution >= 0.6 is 0 Å². The van der Waals surface area contributed by atoms with Crippen molar-refractivity contribution in [1.29, 1.82) is 0 Å². The van der Waals surface area contributed by atoms with Crippen molar-refractivity contribution in [2.45, 2.75) is 71.3 Å². The lowest BCUT2D eigenvalue weighted by molar-refractivity contribution is -0.133. The lowest BCUT2D eigenvalue weighted by Crippen LogP contribution is -2.53. The lowest BCUT2D eigenvalue weighted by Gasteiger charge is -2.38. The van der Waals surface area contributed by atoms with Gasteiger partial charge in [0.2, 0.25) is 5.91 Å². The van der Waals surface area contributed by atoms with E-state index in [0.717, 1.165) is 44.7 Å². The summed E-state index contributed by atoms with van der Waals surface area (Å²) in [5, 5.41) is 6.79. The number of amides is 1. The Labute approximate surface area is 117 Å². The highest BCUT2D eigenvalue weighted by atomic mass is 16.2. The van der Waals surface area contributed by atoms with E-state index >= 15 is 0 Å². The van der Waals surface area contributed by atoms with Crippen molar-refractivity contribution in [2.24, 2.45) is 11.3 Å². The highest BCUT2D eigenvalue weighted by Gasteiger charge is 2.39. The van der Waals surface area contributed by atoms with Crippen LogP contribution in [0.1, 0.15) is 65.2 Å². The normalized spacial score (nSPS) is 35.9. The van der Waals surface area contributed by atoms with Crippen LogP contribution in [-0.2, 0) is 4.79 Å². The summed E-state index contributed by atoms with van der Waals surface area (Å²) in [7, 11) is 0. The van der Waals surface area contributed by atoms with Crippen LogP contribution in [0, 0.1) is 11.3 Å². The minimum Gasteiger partial charge on any atom is -0.353 e. The van der Waals surface area contributed by atoms with E-state index in [-0.39, 0.29) is 5.41 Å². The zero-order valence-corrected chi connectivity index (χ0v) is 12.6. The second kappa shape index (κ2) is 6.74. The Kier molecular flexibility index (Phi) is 5.26. The lowest BCUT2D eigenvalue weighted by atomic mass is 9.75. The molecule has 0 bridgehead atoms. The van der Waals surface area contributed by atoms with Gasteiger partial charge in [-0.1, -0.05) is 33.1 Å². The summed E-state index contributed by atoms with van der Waals surface area (Å²) in [5.41, 5.74) is -0.131. The molecular formula is C16H30N2O. The molecule has 0 radical (unpaired) electrons. The Morgan fingerprint density at radius 3 is 2.84 bits per heavy atom. The fourth-order valence-electron chi connectivity index (χ4n) is 3.87. The average Bonchev–Trinajstić information content (AvgIpc) is 2.40. The Morgan fingerprint density at radius 2 is 2.21 bits per heavy atom. The van der Waals surface area contributed by atoms with Gasteiger partial charge in [0.05, 0.1) is 5.41 Å². The molecule has 19 heavy (non-hydrogen) atoms. The van der Waals surface area contributed by atoms with E-state index < -0.39 is 0 Å². The number of rotatable bonds is 4. The maximum absolute atomic E-state index is 12.7. The predicted molar refractivity (Wildman–Crippen MR) is 79.0 cm³/mol. The molecule has 3 nitrogen and oxygen atoms in total. The van der Waals surface area contributed by atoms with E-state index in [1.54, 1.807) is 0 Å². The van der Waals surface area contributed by atoms with Crippen LogP contribution in [-0.4, -0.2) is 25.0 Å². The van der Waals surface area contributed by atoms with E-state index in [1.165, 1.54) is 25.7 Å². The number of hydrogen-bond acceptors (Lipinski definition) is 2. The van der Waals surface area contributed by atoms with Crippen molar-refractivity contribution >= 4 is 5.91 Å². The van der Waals surface area contributed by atoms with Crippen LogP contribution in [0.4, 0.5) is 0 Å². The second-order valence-electron chi connectivity index (χ2n) is 6.75. The van der Waals surface area contributed by atoms with E-state index in [2.05, 4.69) is 24.5 Å². The molecule has 2 rings (SSSR count). The minimum absolute atomic E-state index is 0.131. The molecule has 3 heteroatoms. The van der Waals surface area contributed by atoms with Gasteiger partial charge in [0, 0.05) is 12.6 Å². The van der Waals surface area contributed by atoms with Crippen molar-refractivity contribution in [1.82, 2.24) is 10.6 Å². The highest BCUT2D eigenvalue weighted by Crippen LogP contribution is 2.33. The second-order valence-corrected chi connectivity index (χ2v) is 6.75. The highest BCUT2D eigenvalue weighted by molar-refractivity contribution is 5.83. The molecule has 1 amide bonds. The van der Waals surface area contributed by atoms with Gasteiger partial charge in [-0.15, -0.1) is 0 Å². The fraction of sp³-hybridized carbons (Fsp3) is 0.938. The summed E-state index contributed by atoms with van der Waals surface area (Å²) >= 11 is 0. The third-order valence-corrected chi connectivity index (χ3v) is 4.95. The third-order valence-electron chi connectivity index (χ3n) is 4.95. The van der Waals surface area contributed by atoms with Gasteiger partial charge in [-0.05, 0) is 44.6 Å². The standard InChI is InChI=1S/C16H30N2O/c1-3-8-16(9-5-10-17-12-16)15(19)18-14-7-4-6-13(2)11-14/h13-14,17H,3-12H2,1-2H3,(H,18,19). The predicted octanol–water partition coefficient (Wildman–Crippen LogP) is 2.85. The SMILES string of the molecule is CCCC1(C(=O)NC2CCCC(C)C2)CCCNC1. The van der Waals surface area contributed by atoms with E-state index in [4.69, 9.17) is 0 Å². The van der Waals surface area contributed by atoms with Crippen LogP contribution in [0.3, 0.4) is 0 Å². The molecule has 2 N–H and O–H groups in total. The van der Waals surface area contributed by atoms with Crippen molar-refractivity contribution < 1.29 is 4.79 Å². The molecule has 1 saturated carbocycles. The van der Waals surface area contributed by atoms with Gasteiger partial charge in [0.25, 0.3) is 0 Å². The molecule has 110 valence electrons. The van der Waals surface area contributed by atoms with Gasteiger partial charge in [0.15, 0.2) is 0 Å². The van der Waals surface area contributed by atoms with Crippen molar-refractivity contribution in [3.8, 4) is 0 Å². The van der Waals surface area contributed by atoms with Gasteiger partial charge >= 0.3 is 0 Å². The first-order valence-electron chi connectivity index (χ1n) is 8.18. The molecule has 2 aliphatic rings. The Bertz CT molecular complexity index is 292. The summed E-state index contributed by atoms with van der Waals surface area (Å²) in [6.45, 7) is 6.43. The molecule has 1 saturated heterocycles. The van der Waals surface area contributed by atoms with Gasteiger partial charge in [-0.3, -0.25) is 4.79 Å². The Hall–Kier alpha value is -0.570. The molecule has 1 heterocycles. The summed E-state index contributed by atoms with van der Waals surface area (Å²) in [4.78, 5) is 12.7. The number of piperidine rings is 1. The quantitative estimate of drug-likeness (QED) is 0.821. The summed E-state index contributed by atoms with van der Waals surface area (Å²) in [5.74, 6) is 1.09. The first kappa shape index (κ1) is 14.8. The number of nitrogens with one attached hydrogen (secondary N) is 2. The fourth-order valence-corrected chi connectivity index (χ4v) is 3.87. The molecule has 0 aromatic rings. The summed E-state index contributed by atoms with van der Waals surface area (Å²) in [6.07, 6.45) is 9.24. The first-order chi connectivity index (χ1) is 9.16. The Morgan fingerprint density at radius 1 is 1.37 bits per heavy atom. The number of carbonyl (C=O) groups is 1. The monoisotopic (exact) mass is 266 g/mol. The number of carbonyl (C=O) groups excluding carboxylic acids is 1. The average molecular weight is 266 g/mol. The zero-order valence-electron chi connectivity index (χ0n) is 12.6. The van der Waals surface area contributed by atoms with E-state index in [9.17, 15) is 4.79 Å². The van der Waals surface area contributed by atoms with Crippen LogP contribution < -0.4 is 10.6 Å². The molecule has 1 aliphatic carbocycles. The molecule has 2 fully saturated rings. The van der Waals surface area contributed by atoms with Gasteiger partial charge < -0.3 is 10.6 Å². The molecule has 0 aromatic carbocycles. The third kappa shape index (κ3) is 3.71. The van der Waals surface area contributed by atoms with Crippen LogP contribution in [0.25, 0.3) is 0 Å². The first-order valence-corrected chi connectivity index (χ1v) is 8.18. The molecule has 1 aliphatic heterocycles. The summed E-state index contributed by atoms with van der Waals surface area (Å²) < 4.78 is 0. The van der Waals surface area contributed by atoms with Gasteiger partial charge in [0.1, 0.15) is 0 Å². The van der Waals surface area contributed by atoms with Gasteiger partial charge in [-0.2, -0.15) is 0 Å². The topological polar surface area (TPSA) is 41.1 Å². The zero-order chi connectivity index (χ0) is 13.7. The smallest absolute Gasteiger partial charge is 0.227 e. The maximum atomic E-state index is 12.7. The molecule has 0 spiro atoms. The van der Waals surface area contributed by atoms with Crippen molar-refractivity contribution in [3.05, 3.63) is 0 Å². The summed E-state index contributed by atoms with van der Waals surface area (Å²) in [6, 6.07) is 0.423. The van der Waals surface area contributed by atoms with Crippen molar-refractivity contribution in [2.75, 3.05) is 13.1 Å².